The Balaban J connectivity index is 1.61. The highest BCUT2D eigenvalue weighted by atomic mass is 32.2. The van der Waals surface area contributed by atoms with Gasteiger partial charge in [-0.3, -0.25) is 9.69 Å². The van der Waals surface area contributed by atoms with Gasteiger partial charge in [-0.1, -0.05) is 61.5 Å². The number of thioether (sulfide) groups is 1. The molecular formula is C38H51N3O3S. The number of anilines is 1. The zero-order valence-electron chi connectivity index (χ0n) is 27.8. The van der Waals surface area contributed by atoms with Crippen LogP contribution >= 0.6 is 11.8 Å². The van der Waals surface area contributed by atoms with Crippen LogP contribution in [0.5, 0.6) is 0 Å². The van der Waals surface area contributed by atoms with Crippen molar-refractivity contribution in [3.05, 3.63) is 95.6 Å². The fourth-order valence-corrected chi connectivity index (χ4v) is 7.87. The van der Waals surface area contributed by atoms with Crippen LogP contribution in [0.3, 0.4) is 0 Å². The topological polar surface area (TPSA) is 45.3 Å². The van der Waals surface area contributed by atoms with Crippen LogP contribution in [0, 0.1) is 0 Å². The third kappa shape index (κ3) is 7.50. The molecule has 3 aromatic carbocycles. The summed E-state index contributed by atoms with van der Waals surface area (Å²) >= 11 is 1.70. The second kappa shape index (κ2) is 15.3. The van der Waals surface area contributed by atoms with Crippen molar-refractivity contribution in [3.8, 4) is 0 Å². The molecule has 2 saturated heterocycles. The molecule has 3 unspecified atom stereocenters. The van der Waals surface area contributed by atoms with Gasteiger partial charge in [0.2, 0.25) is 0 Å². The van der Waals surface area contributed by atoms with Crippen LogP contribution in [0.25, 0.3) is 0 Å². The monoisotopic (exact) mass is 629 g/mol. The SMILES string of the molecule is CCC(Cc1ccccc1)(C(CC(C)(C(=O)c1ccc(SC)cc1)N1CCOCC1)c1ccc(N2CCOCC2)cc1)N(C)C. The van der Waals surface area contributed by atoms with E-state index in [1.54, 1.807) is 11.8 Å². The molecule has 242 valence electrons. The lowest BCUT2D eigenvalue weighted by molar-refractivity contribution is -0.0215. The minimum absolute atomic E-state index is 0.0821. The first-order valence-electron chi connectivity index (χ1n) is 16.5. The number of hydrogen-bond acceptors (Lipinski definition) is 7. The summed E-state index contributed by atoms with van der Waals surface area (Å²) < 4.78 is 11.4. The van der Waals surface area contributed by atoms with Gasteiger partial charge in [0.05, 0.1) is 32.0 Å². The molecule has 2 aliphatic heterocycles. The fraction of sp³-hybridized carbons (Fsp3) is 0.500. The molecule has 3 aromatic rings. The summed E-state index contributed by atoms with van der Waals surface area (Å²) in [7, 11) is 4.44. The fourth-order valence-electron chi connectivity index (χ4n) is 7.46. The van der Waals surface area contributed by atoms with Crippen LogP contribution < -0.4 is 4.90 Å². The highest BCUT2D eigenvalue weighted by molar-refractivity contribution is 7.98. The van der Waals surface area contributed by atoms with Crippen LogP contribution in [-0.2, 0) is 15.9 Å². The summed E-state index contributed by atoms with van der Waals surface area (Å²) in [5.41, 5.74) is 3.66. The summed E-state index contributed by atoms with van der Waals surface area (Å²) in [4.78, 5) is 23.2. The summed E-state index contributed by atoms with van der Waals surface area (Å²) in [6.07, 6.45) is 4.61. The molecule has 0 spiro atoms. The van der Waals surface area contributed by atoms with Crippen molar-refractivity contribution < 1.29 is 14.3 Å². The zero-order chi connectivity index (χ0) is 31.9. The number of benzene rings is 3. The number of carbonyl (C=O) groups excluding carboxylic acids is 1. The molecule has 0 N–H and O–H groups in total. The Morgan fingerprint density at radius 1 is 0.867 bits per heavy atom. The van der Waals surface area contributed by atoms with Crippen molar-refractivity contribution in [2.75, 3.05) is 77.9 Å². The highest BCUT2D eigenvalue weighted by Crippen LogP contribution is 2.45. The van der Waals surface area contributed by atoms with Gasteiger partial charge in [-0.15, -0.1) is 11.8 Å². The summed E-state index contributed by atoms with van der Waals surface area (Å²) in [6.45, 7) is 10.6. The molecule has 2 heterocycles. The molecular weight excluding hydrogens is 579 g/mol. The number of ether oxygens (including phenoxy) is 2. The maximum absolute atomic E-state index is 14.8. The second-order valence-corrected chi connectivity index (χ2v) is 13.8. The number of hydrogen-bond donors (Lipinski definition) is 0. The molecule has 0 saturated carbocycles. The van der Waals surface area contributed by atoms with Crippen molar-refractivity contribution in [2.45, 2.75) is 55.0 Å². The number of carbonyl (C=O) groups is 1. The van der Waals surface area contributed by atoms with Crippen molar-refractivity contribution >= 4 is 23.2 Å². The molecule has 0 bridgehead atoms. The molecule has 0 radical (unpaired) electrons. The average Bonchev–Trinajstić information content (AvgIpc) is 3.10. The predicted octanol–water partition coefficient (Wildman–Crippen LogP) is 6.65. The number of rotatable bonds is 13. The van der Waals surface area contributed by atoms with E-state index in [4.69, 9.17) is 9.47 Å². The third-order valence-corrected chi connectivity index (χ3v) is 11.1. The smallest absolute Gasteiger partial charge is 0.182 e. The van der Waals surface area contributed by atoms with E-state index in [1.807, 2.05) is 12.1 Å². The van der Waals surface area contributed by atoms with Gasteiger partial charge in [0, 0.05) is 53.8 Å². The van der Waals surface area contributed by atoms with E-state index in [9.17, 15) is 4.79 Å². The van der Waals surface area contributed by atoms with E-state index in [0.29, 0.717) is 19.6 Å². The Labute approximate surface area is 275 Å². The summed E-state index contributed by atoms with van der Waals surface area (Å²) in [5, 5.41) is 0. The van der Waals surface area contributed by atoms with E-state index >= 15 is 0 Å². The van der Waals surface area contributed by atoms with Crippen LogP contribution in [0.15, 0.2) is 83.8 Å². The maximum Gasteiger partial charge on any atom is 0.182 e. The van der Waals surface area contributed by atoms with Crippen LogP contribution in [0.1, 0.15) is 54.1 Å². The largest absolute Gasteiger partial charge is 0.379 e. The predicted molar refractivity (Wildman–Crippen MR) is 187 cm³/mol. The first-order chi connectivity index (χ1) is 21.8. The molecule has 2 aliphatic rings. The van der Waals surface area contributed by atoms with Gasteiger partial charge in [0.1, 0.15) is 0 Å². The zero-order valence-corrected chi connectivity index (χ0v) is 28.7. The molecule has 5 rings (SSSR count). The van der Waals surface area contributed by atoms with Gasteiger partial charge in [-0.05, 0) is 81.9 Å². The number of nitrogens with zero attached hydrogens (tertiary/aromatic N) is 3. The Kier molecular flexibility index (Phi) is 11.4. The molecule has 0 aromatic heterocycles. The Morgan fingerprint density at radius 3 is 2.02 bits per heavy atom. The first kappa shape index (κ1) is 33.7. The molecule has 2 fully saturated rings. The third-order valence-electron chi connectivity index (χ3n) is 10.3. The van der Waals surface area contributed by atoms with E-state index in [0.717, 1.165) is 57.8 Å². The quantitative estimate of drug-likeness (QED) is 0.155. The number of morpholine rings is 2. The highest BCUT2D eigenvalue weighted by Gasteiger charge is 2.49. The van der Waals surface area contributed by atoms with Gasteiger partial charge in [0.25, 0.3) is 0 Å². The Hall–Kier alpha value is -2.68. The van der Waals surface area contributed by atoms with E-state index in [-0.39, 0.29) is 17.2 Å². The first-order valence-corrected chi connectivity index (χ1v) is 17.7. The molecule has 0 amide bonds. The lowest BCUT2D eigenvalue weighted by Gasteiger charge is -2.51. The molecule has 6 nitrogen and oxygen atoms in total. The minimum atomic E-state index is -0.717. The Morgan fingerprint density at radius 2 is 1.47 bits per heavy atom. The van der Waals surface area contributed by atoms with Crippen molar-refractivity contribution in [3.63, 3.8) is 0 Å². The lowest BCUT2D eigenvalue weighted by atomic mass is 9.66. The van der Waals surface area contributed by atoms with Gasteiger partial charge >= 0.3 is 0 Å². The van der Waals surface area contributed by atoms with E-state index < -0.39 is 5.54 Å². The van der Waals surface area contributed by atoms with Crippen LogP contribution in [0.4, 0.5) is 5.69 Å². The number of ketones is 1. The van der Waals surface area contributed by atoms with Crippen molar-refractivity contribution in [1.82, 2.24) is 9.80 Å². The van der Waals surface area contributed by atoms with Gasteiger partial charge in [-0.25, -0.2) is 0 Å². The van der Waals surface area contributed by atoms with Gasteiger partial charge in [0.15, 0.2) is 5.78 Å². The minimum Gasteiger partial charge on any atom is -0.379 e. The van der Waals surface area contributed by atoms with E-state index in [2.05, 4.69) is 116 Å². The molecule has 0 aliphatic carbocycles. The maximum atomic E-state index is 14.8. The van der Waals surface area contributed by atoms with Crippen LogP contribution in [-0.4, -0.2) is 99.6 Å². The van der Waals surface area contributed by atoms with Crippen molar-refractivity contribution in [1.29, 1.82) is 0 Å². The molecule has 45 heavy (non-hydrogen) atoms. The number of Topliss-reactive ketones (excluding diaryl/α,β-unsaturated/α-hetero) is 1. The molecule has 3 atom stereocenters. The standard InChI is InChI=1S/C38H51N3O3S/c1-6-38(39(3)4,28-30-10-8-7-9-11-30)35(31-12-16-33(17-13-31)40-20-24-43-25-21-40)29-37(2,41-22-26-44-27-23-41)36(42)32-14-18-34(45-5)19-15-32/h7-19,35H,6,20-29H2,1-5H3. The lowest BCUT2D eigenvalue weighted by Crippen LogP contribution is -2.60. The van der Waals surface area contributed by atoms with Crippen molar-refractivity contribution in [2.24, 2.45) is 0 Å². The molecule has 7 heteroatoms. The second-order valence-electron chi connectivity index (χ2n) is 12.9. The summed E-state index contributed by atoms with van der Waals surface area (Å²) in [6, 6.07) is 28.2. The Bertz CT molecular complexity index is 1360. The number of likely N-dealkylation sites (N-methyl/N-ethyl adjacent to an activating group) is 1. The summed E-state index contributed by atoms with van der Waals surface area (Å²) in [5.74, 6) is 0.272. The van der Waals surface area contributed by atoms with E-state index in [1.165, 1.54) is 21.7 Å². The average molecular weight is 630 g/mol. The van der Waals surface area contributed by atoms with Gasteiger partial charge < -0.3 is 19.3 Å². The normalized spacial score (nSPS) is 19.6. The van der Waals surface area contributed by atoms with Crippen LogP contribution in [0.2, 0.25) is 0 Å². The van der Waals surface area contributed by atoms with Gasteiger partial charge in [-0.2, -0.15) is 0 Å².